The number of methoxy groups -OCH3 is 1. The molecule has 0 atom stereocenters. The largest absolute Gasteiger partial charge is 0.496 e. The zero-order chi connectivity index (χ0) is 16.9. The Kier molecular flexibility index (Phi) is 4.56. The smallest absolute Gasteiger partial charge is 0.338 e. The SMILES string of the molecule is CCOC(=O)c1ccc(-c2nnc(-c3ccccc3OC)o2)cc1. The number of hydrogen-bond donors (Lipinski definition) is 0. The lowest BCUT2D eigenvalue weighted by atomic mass is 10.1. The Morgan fingerprint density at radius 1 is 1.04 bits per heavy atom. The predicted octanol–water partition coefficient (Wildman–Crippen LogP) is 3.59. The van der Waals surface area contributed by atoms with E-state index >= 15 is 0 Å². The molecule has 3 aromatic rings. The van der Waals surface area contributed by atoms with Gasteiger partial charge in [-0.2, -0.15) is 0 Å². The zero-order valence-electron chi connectivity index (χ0n) is 13.4. The van der Waals surface area contributed by atoms with Gasteiger partial charge in [-0.25, -0.2) is 4.79 Å². The molecule has 0 saturated heterocycles. The molecule has 0 unspecified atom stereocenters. The van der Waals surface area contributed by atoms with Crippen molar-refractivity contribution < 1.29 is 18.7 Å². The highest BCUT2D eigenvalue weighted by Gasteiger charge is 2.14. The van der Waals surface area contributed by atoms with Gasteiger partial charge >= 0.3 is 5.97 Å². The maximum atomic E-state index is 11.7. The van der Waals surface area contributed by atoms with Gasteiger partial charge in [-0.1, -0.05) is 12.1 Å². The van der Waals surface area contributed by atoms with Crippen LogP contribution in [0.15, 0.2) is 52.9 Å². The molecule has 0 saturated carbocycles. The second-order valence-electron chi connectivity index (χ2n) is 4.91. The second kappa shape index (κ2) is 6.95. The topological polar surface area (TPSA) is 74.5 Å². The van der Waals surface area contributed by atoms with Crippen molar-refractivity contribution in [2.75, 3.05) is 13.7 Å². The van der Waals surface area contributed by atoms with E-state index < -0.39 is 0 Å². The van der Waals surface area contributed by atoms with E-state index in [0.717, 1.165) is 11.1 Å². The number of esters is 1. The van der Waals surface area contributed by atoms with Gasteiger partial charge in [0, 0.05) is 5.56 Å². The highest BCUT2D eigenvalue weighted by Crippen LogP contribution is 2.30. The first-order valence-corrected chi connectivity index (χ1v) is 7.47. The quantitative estimate of drug-likeness (QED) is 0.668. The van der Waals surface area contributed by atoms with Gasteiger partial charge in [0.05, 0.1) is 24.8 Å². The van der Waals surface area contributed by atoms with Crippen molar-refractivity contribution in [3.8, 4) is 28.7 Å². The summed E-state index contributed by atoms with van der Waals surface area (Å²) in [4.78, 5) is 11.7. The highest BCUT2D eigenvalue weighted by molar-refractivity contribution is 5.89. The van der Waals surface area contributed by atoms with Crippen LogP contribution in [0.2, 0.25) is 0 Å². The summed E-state index contributed by atoms with van der Waals surface area (Å²) >= 11 is 0. The molecule has 0 aliphatic rings. The lowest BCUT2D eigenvalue weighted by Gasteiger charge is -2.03. The minimum Gasteiger partial charge on any atom is -0.496 e. The molecule has 0 amide bonds. The van der Waals surface area contributed by atoms with E-state index in [1.807, 2.05) is 24.3 Å². The maximum Gasteiger partial charge on any atom is 0.338 e. The fourth-order valence-electron chi connectivity index (χ4n) is 2.23. The molecule has 2 aromatic carbocycles. The molecule has 0 radical (unpaired) electrons. The van der Waals surface area contributed by atoms with Crippen LogP contribution in [-0.4, -0.2) is 29.9 Å². The third kappa shape index (κ3) is 3.12. The fraction of sp³-hybridized carbons (Fsp3) is 0.167. The number of para-hydroxylation sites is 1. The number of rotatable bonds is 5. The standard InChI is InChI=1S/C18H16N2O4/c1-3-23-18(21)13-10-8-12(9-11-13)16-19-20-17(24-16)14-6-4-5-7-15(14)22-2/h4-11H,3H2,1-2H3. The highest BCUT2D eigenvalue weighted by atomic mass is 16.5. The van der Waals surface area contributed by atoms with Crippen molar-refractivity contribution in [1.82, 2.24) is 10.2 Å². The Hall–Kier alpha value is -3.15. The van der Waals surface area contributed by atoms with Crippen molar-refractivity contribution >= 4 is 5.97 Å². The van der Waals surface area contributed by atoms with Gasteiger partial charge in [-0.3, -0.25) is 0 Å². The molecule has 3 rings (SSSR count). The average molecular weight is 324 g/mol. The molecular weight excluding hydrogens is 308 g/mol. The number of carbonyl (C=O) groups is 1. The lowest BCUT2D eigenvalue weighted by molar-refractivity contribution is 0.0526. The first kappa shape index (κ1) is 15.7. The number of aromatic nitrogens is 2. The van der Waals surface area contributed by atoms with Crippen LogP contribution in [0.25, 0.3) is 22.9 Å². The van der Waals surface area contributed by atoms with Gasteiger partial charge in [-0.05, 0) is 43.3 Å². The number of ether oxygens (including phenoxy) is 2. The van der Waals surface area contributed by atoms with Crippen LogP contribution in [0, 0.1) is 0 Å². The third-order valence-electron chi connectivity index (χ3n) is 3.41. The number of benzene rings is 2. The fourth-order valence-corrected chi connectivity index (χ4v) is 2.23. The monoisotopic (exact) mass is 324 g/mol. The number of hydrogen-bond acceptors (Lipinski definition) is 6. The first-order valence-electron chi connectivity index (χ1n) is 7.47. The van der Waals surface area contributed by atoms with Crippen LogP contribution in [0.4, 0.5) is 0 Å². The van der Waals surface area contributed by atoms with E-state index in [9.17, 15) is 4.79 Å². The van der Waals surface area contributed by atoms with Gasteiger partial charge < -0.3 is 13.9 Å². The van der Waals surface area contributed by atoms with E-state index in [4.69, 9.17) is 13.9 Å². The summed E-state index contributed by atoms with van der Waals surface area (Å²) in [7, 11) is 1.59. The van der Waals surface area contributed by atoms with Crippen molar-refractivity contribution in [1.29, 1.82) is 0 Å². The van der Waals surface area contributed by atoms with Crippen LogP contribution in [0.3, 0.4) is 0 Å². The van der Waals surface area contributed by atoms with Gasteiger partial charge in [-0.15, -0.1) is 10.2 Å². The van der Waals surface area contributed by atoms with Crippen molar-refractivity contribution in [3.63, 3.8) is 0 Å². The summed E-state index contributed by atoms with van der Waals surface area (Å²) in [5, 5.41) is 8.13. The Morgan fingerprint density at radius 2 is 1.75 bits per heavy atom. The molecule has 6 nitrogen and oxygen atoms in total. The molecule has 1 aromatic heterocycles. The molecule has 122 valence electrons. The Morgan fingerprint density at radius 3 is 2.46 bits per heavy atom. The van der Waals surface area contributed by atoms with E-state index in [1.165, 1.54) is 0 Å². The Balaban J connectivity index is 1.87. The number of nitrogens with zero attached hydrogens (tertiary/aromatic N) is 2. The molecule has 0 N–H and O–H groups in total. The summed E-state index contributed by atoms with van der Waals surface area (Å²) in [5.74, 6) is 1.04. The Labute approximate surface area is 139 Å². The molecule has 0 fully saturated rings. The van der Waals surface area contributed by atoms with Crippen LogP contribution < -0.4 is 4.74 Å². The molecule has 24 heavy (non-hydrogen) atoms. The molecule has 0 aliphatic carbocycles. The normalized spacial score (nSPS) is 10.4. The van der Waals surface area contributed by atoms with Gasteiger partial charge in [0.2, 0.25) is 5.89 Å². The van der Waals surface area contributed by atoms with Crippen LogP contribution in [0.1, 0.15) is 17.3 Å². The molecule has 0 bridgehead atoms. The number of carbonyl (C=O) groups excluding carboxylic acids is 1. The maximum absolute atomic E-state index is 11.7. The molecular formula is C18H16N2O4. The van der Waals surface area contributed by atoms with E-state index in [0.29, 0.717) is 29.7 Å². The molecule has 0 aliphatic heterocycles. The molecule has 6 heteroatoms. The zero-order valence-corrected chi connectivity index (χ0v) is 13.4. The van der Waals surface area contributed by atoms with Crippen molar-refractivity contribution in [3.05, 3.63) is 54.1 Å². The van der Waals surface area contributed by atoms with Gasteiger partial charge in [0.15, 0.2) is 0 Å². The lowest BCUT2D eigenvalue weighted by Crippen LogP contribution is -2.03. The minimum atomic E-state index is -0.357. The average Bonchev–Trinajstić information content (AvgIpc) is 3.12. The summed E-state index contributed by atoms with van der Waals surface area (Å²) in [5.41, 5.74) is 1.92. The van der Waals surface area contributed by atoms with Crippen molar-refractivity contribution in [2.24, 2.45) is 0 Å². The van der Waals surface area contributed by atoms with Gasteiger partial charge in [0.25, 0.3) is 5.89 Å². The summed E-state index contributed by atoms with van der Waals surface area (Å²) in [6, 6.07) is 14.2. The van der Waals surface area contributed by atoms with Crippen LogP contribution >= 0.6 is 0 Å². The van der Waals surface area contributed by atoms with E-state index in [1.54, 1.807) is 38.3 Å². The summed E-state index contributed by atoms with van der Waals surface area (Å²) < 4.78 is 16.0. The van der Waals surface area contributed by atoms with Crippen LogP contribution in [0.5, 0.6) is 5.75 Å². The van der Waals surface area contributed by atoms with Crippen LogP contribution in [-0.2, 0) is 4.74 Å². The first-order chi connectivity index (χ1) is 11.7. The van der Waals surface area contributed by atoms with Gasteiger partial charge in [0.1, 0.15) is 5.75 Å². The summed E-state index contributed by atoms with van der Waals surface area (Å²) in [6.45, 7) is 2.11. The summed E-state index contributed by atoms with van der Waals surface area (Å²) in [6.07, 6.45) is 0. The second-order valence-corrected chi connectivity index (χ2v) is 4.91. The molecule has 0 spiro atoms. The van der Waals surface area contributed by atoms with E-state index in [2.05, 4.69) is 10.2 Å². The molecule has 1 heterocycles. The third-order valence-corrected chi connectivity index (χ3v) is 3.41. The predicted molar refractivity (Wildman–Crippen MR) is 87.7 cm³/mol. The minimum absolute atomic E-state index is 0.340. The van der Waals surface area contributed by atoms with E-state index in [-0.39, 0.29) is 5.97 Å². The van der Waals surface area contributed by atoms with Crippen molar-refractivity contribution in [2.45, 2.75) is 6.92 Å². The Bertz CT molecular complexity index is 840.